The third kappa shape index (κ3) is 0.888. The average Bonchev–Trinajstić information content (AvgIpc) is 2.44. The van der Waals surface area contributed by atoms with E-state index in [0.29, 0.717) is 17.2 Å². The first-order valence-electron chi connectivity index (χ1n) is 3.81. The standard InChI is InChI=1S/C8H8O3/c1-9-6-3-2-4-7-8(6)11-5-10-7/h2-4H,5H2,1H3/i5D. The Labute approximate surface area is 65.9 Å². The van der Waals surface area contributed by atoms with Gasteiger partial charge in [0.2, 0.25) is 12.5 Å². The maximum absolute atomic E-state index is 7.19. The summed E-state index contributed by atoms with van der Waals surface area (Å²) in [5, 5.41) is 0. The van der Waals surface area contributed by atoms with Gasteiger partial charge in [0.05, 0.1) is 7.11 Å². The first-order valence-corrected chi connectivity index (χ1v) is 3.24. The normalized spacial score (nSPS) is 21.2. The van der Waals surface area contributed by atoms with Crippen LogP contribution in [0.3, 0.4) is 0 Å². The van der Waals surface area contributed by atoms with E-state index in [1.54, 1.807) is 25.3 Å². The molecule has 0 fully saturated rings. The maximum atomic E-state index is 7.19. The summed E-state index contributed by atoms with van der Waals surface area (Å²) in [4.78, 5) is 0. The Morgan fingerprint density at radius 2 is 2.45 bits per heavy atom. The number of benzene rings is 1. The van der Waals surface area contributed by atoms with Crippen LogP contribution in [0.2, 0.25) is 0 Å². The fourth-order valence-corrected chi connectivity index (χ4v) is 0.989. The van der Waals surface area contributed by atoms with Crippen LogP contribution in [-0.2, 0) is 0 Å². The zero-order valence-corrected chi connectivity index (χ0v) is 6.03. The van der Waals surface area contributed by atoms with Crippen molar-refractivity contribution >= 4 is 0 Å². The highest BCUT2D eigenvalue weighted by atomic mass is 16.7. The molecule has 1 heterocycles. The average molecular weight is 153 g/mol. The van der Waals surface area contributed by atoms with Gasteiger partial charge in [-0.1, -0.05) is 6.07 Å². The molecular weight excluding hydrogens is 144 g/mol. The van der Waals surface area contributed by atoms with Gasteiger partial charge in [-0.2, -0.15) is 0 Å². The molecular formula is C8H8O3. The van der Waals surface area contributed by atoms with Gasteiger partial charge in [0.15, 0.2) is 11.5 Å². The number of methoxy groups -OCH3 is 1. The lowest BCUT2D eigenvalue weighted by Crippen LogP contribution is -1.93. The van der Waals surface area contributed by atoms with Crippen LogP contribution < -0.4 is 14.2 Å². The van der Waals surface area contributed by atoms with Crippen molar-refractivity contribution in [1.29, 1.82) is 0 Å². The predicted octanol–water partition coefficient (Wildman–Crippen LogP) is 1.42. The zero-order chi connectivity index (χ0) is 8.55. The van der Waals surface area contributed by atoms with Crippen LogP contribution in [0.4, 0.5) is 0 Å². The Morgan fingerprint density at radius 3 is 3.27 bits per heavy atom. The molecule has 0 saturated carbocycles. The molecule has 1 aromatic carbocycles. The lowest BCUT2D eigenvalue weighted by Gasteiger charge is -2.01. The monoisotopic (exact) mass is 153 g/mol. The lowest BCUT2D eigenvalue weighted by molar-refractivity contribution is 0.171. The topological polar surface area (TPSA) is 27.7 Å². The summed E-state index contributed by atoms with van der Waals surface area (Å²) in [7, 11) is 1.55. The molecule has 0 aromatic heterocycles. The molecule has 1 aliphatic heterocycles. The number of hydrogen-bond acceptors (Lipinski definition) is 3. The minimum absolute atomic E-state index is 0.514. The number of hydrogen-bond donors (Lipinski definition) is 0. The fourth-order valence-electron chi connectivity index (χ4n) is 0.989. The van der Waals surface area contributed by atoms with Gasteiger partial charge in [-0.25, -0.2) is 0 Å². The van der Waals surface area contributed by atoms with Crippen LogP contribution in [0.25, 0.3) is 0 Å². The highest BCUT2D eigenvalue weighted by Gasteiger charge is 2.16. The highest BCUT2D eigenvalue weighted by molar-refractivity contribution is 5.52. The molecule has 3 nitrogen and oxygen atoms in total. The van der Waals surface area contributed by atoms with Gasteiger partial charge in [0.1, 0.15) is 1.37 Å². The summed E-state index contributed by atoms with van der Waals surface area (Å²) in [5.74, 6) is 1.68. The number of ether oxygens (including phenoxy) is 3. The molecule has 1 aliphatic rings. The Hall–Kier alpha value is -1.38. The summed E-state index contributed by atoms with van der Waals surface area (Å²) >= 11 is 0. The Kier molecular flexibility index (Phi) is 1.13. The third-order valence-electron chi connectivity index (χ3n) is 1.50. The Balaban J connectivity index is 2.44. The van der Waals surface area contributed by atoms with Crippen molar-refractivity contribution in [3.05, 3.63) is 18.2 Å². The van der Waals surface area contributed by atoms with Gasteiger partial charge in [-0.15, -0.1) is 0 Å². The van der Waals surface area contributed by atoms with Crippen LogP contribution in [0.15, 0.2) is 18.2 Å². The molecule has 0 radical (unpaired) electrons. The van der Waals surface area contributed by atoms with Crippen molar-refractivity contribution in [1.82, 2.24) is 0 Å². The van der Waals surface area contributed by atoms with Crippen molar-refractivity contribution in [3.8, 4) is 17.2 Å². The molecule has 3 heteroatoms. The molecule has 0 spiro atoms. The minimum atomic E-state index is -0.962. The minimum Gasteiger partial charge on any atom is -0.493 e. The SMILES string of the molecule is [2H]C1Oc2cccc(OC)c2O1. The summed E-state index contributed by atoms with van der Waals surface area (Å²) < 4.78 is 22.3. The van der Waals surface area contributed by atoms with E-state index in [9.17, 15) is 0 Å². The van der Waals surface area contributed by atoms with Crippen LogP contribution in [0, 0.1) is 0 Å². The van der Waals surface area contributed by atoms with Crippen LogP contribution in [0.1, 0.15) is 1.37 Å². The van der Waals surface area contributed by atoms with Gasteiger partial charge >= 0.3 is 0 Å². The second-order valence-electron chi connectivity index (χ2n) is 2.12. The quantitative estimate of drug-likeness (QED) is 0.610. The van der Waals surface area contributed by atoms with Crippen LogP contribution in [-0.4, -0.2) is 13.9 Å². The first kappa shape index (κ1) is 5.29. The number of fused-ring (bicyclic) bond motifs is 1. The summed E-state index contributed by atoms with van der Waals surface area (Å²) in [6.45, 7) is -0.962. The molecule has 0 amide bonds. The van der Waals surface area contributed by atoms with E-state index in [4.69, 9.17) is 15.6 Å². The van der Waals surface area contributed by atoms with Crippen LogP contribution in [0.5, 0.6) is 17.2 Å². The Morgan fingerprint density at radius 1 is 1.55 bits per heavy atom. The Bertz CT molecular complexity index is 300. The van der Waals surface area contributed by atoms with Gasteiger partial charge in [-0.3, -0.25) is 0 Å². The molecule has 1 aromatic rings. The summed E-state index contributed by atoms with van der Waals surface area (Å²) in [6.07, 6.45) is 0. The molecule has 0 saturated heterocycles. The second-order valence-corrected chi connectivity index (χ2v) is 2.12. The van der Waals surface area contributed by atoms with E-state index in [-0.39, 0.29) is 0 Å². The van der Waals surface area contributed by atoms with E-state index in [1.807, 2.05) is 0 Å². The zero-order valence-electron chi connectivity index (χ0n) is 7.03. The van der Waals surface area contributed by atoms with Crippen molar-refractivity contribution in [2.75, 3.05) is 13.9 Å². The molecule has 0 bridgehead atoms. The molecule has 2 rings (SSSR count). The van der Waals surface area contributed by atoms with Gasteiger partial charge < -0.3 is 14.2 Å². The molecule has 58 valence electrons. The predicted molar refractivity (Wildman–Crippen MR) is 39.1 cm³/mol. The summed E-state index contributed by atoms with van der Waals surface area (Å²) in [5.41, 5.74) is 0. The van der Waals surface area contributed by atoms with Gasteiger partial charge in [0.25, 0.3) is 0 Å². The van der Waals surface area contributed by atoms with Crippen molar-refractivity contribution in [2.24, 2.45) is 0 Å². The number of para-hydroxylation sites is 1. The van der Waals surface area contributed by atoms with Crippen molar-refractivity contribution in [3.63, 3.8) is 0 Å². The summed E-state index contributed by atoms with van der Waals surface area (Å²) in [6, 6.07) is 5.30. The molecule has 1 atom stereocenters. The third-order valence-corrected chi connectivity index (χ3v) is 1.50. The fraction of sp³-hybridized carbons (Fsp3) is 0.250. The lowest BCUT2D eigenvalue weighted by atomic mass is 10.3. The van der Waals surface area contributed by atoms with E-state index < -0.39 is 6.77 Å². The second kappa shape index (κ2) is 2.34. The van der Waals surface area contributed by atoms with Crippen molar-refractivity contribution < 1.29 is 15.6 Å². The molecule has 0 aliphatic carbocycles. The van der Waals surface area contributed by atoms with Crippen LogP contribution >= 0.6 is 0 Å². The van der Waals surface area contributed by atoms with E-state index in [1.165, 1.54) is 0 Å². The number of rotatable bonds is 1. The molecule has 0 N–H and O–H groups in total. The van der Waals surface area contributed by atoms with E-state index >= 15 is 0 Å². The smallest absolute Gasteiger partial charge is 0.231 e. The highest BCUT2D eigenvalue weighted by Crippen LogP contribution is 2.39. The van der Waals surface area contributed by atoms with E-state index in [0.717, 1.165) is 0 Å². The van der Waals surface area contributed by atoms with Gasteiger partial charge in [-0.05, 0) is 12.1 Å². The largest absolute Gasteiger partial charge is 0.493 e. The maximum Gasteiger partial charge on any atom is 0.231 e. The first-order chi connectivity index (χ1) is 5.81. The van der Waals surface area contributed by atoms with E-state index in [2.05, 4.69) is 0 Å². The van der Waals surface area contributed by atoms with Crippen molar-refractivity contribution in [2.45, 2.75) is 0 Å². The van der Waals surface area contributed by atoms with Gasteiger partial charge in [0, 0.05) is 0 Å². The molecule has 11 heavy (non-hydrogen) atoms. The molecule has 1 unspecified atom stereocenters.